The van der Waals surface area contributed by atoms with Crippen LogP contribution in [0.4, 0.5) is 9.18 Å². The Kier molecular flexibility index (Phi) is 8.38. The van der Waals surface area contributed by atoms with Crippen LogP contribution in [0.15, 0.2) is 30.3 Å². The van der Waals surface area contributed by atoms with Crippen LogP contribution in [0.1, 0.15) is 39.2 Å². The first-order valence-electron chi connectivity index (χ1n) is 10.1. The van der Waals surface area contributed by atoms with Crippen LogP contribution in [0.3, 0.4) is 0 Å². The van der Waals surface area contributed by atoms with Gasteiger partial charge >= 0.3 is 6.09 Å². The topological polar surface area (TPSA) is 79.0 Å². The summed E-state index contributed by atoms with van der Waals surface area (Å²) in [7, 11) is 0. The monoisotopic (exact) mass is 419 g/mol. The van der Waals surface area contributed by atoms with E-state index in [1.54, 1.807) is 48.8 Å². The van der Waals surface area contributed by atoms with Crippen molar-refractivity contribution in [2.75, 3.05) is 32.7 Å². The van der Waals surface area contributed by atoms with Crippen molar-refractivity contribution >= 4 is 24.0 Å². The van der Waals surface area contributed by atoms with Crippen LogP contribution < -0.4 is 5.32 Å². The molecule has 2 rings (SSSR count). The summed E-state index contributed by atoms with van der Waals surface area (Å²) in [5, 5.41) is 2.58. The highest BCUT2D eigenvalue weighted by molar-refractivity contribution is 5.92. The molecule has 30 heavy (non-hydrogen) atoms. The van der Waals surface area contributed by atoms with Gasteiger partial charge in [-0.15, -0.1) is 0 Å². The Bertz CT molecular complexity index is 789. The van der Waals surface area contributed by atoms with E-state index in [4.69, 9.17) is 4.74 Å². The number of benzene rings is 1. The molecule has 0 atom stereocenters. The van der Waals surface area contributed by atoms with E-state index in [1.165, 1.54) is 18.2 Å². The van der Waals surface area contributed by atoms with Crippen molar-refractivity contribution in [2.24, 2.45) is 0 Å². The predicted molar refractivity (Wildman–Crippen MR) is 112 cm³/mol. The van der Waals surface area contributed by atoms with Crippen molar-refractivity contribution in [3.8, 4) is 0 Å². The van der Waals surface area contributed by atoms with Gasteiger partial charge in [0.2, 0.25) is 11.8 Å². The van der Waals surface area contributed by atoms with Crippen LogP contribution in [0.2, 0.25) is 0 Å². The zero-order chi connectivity index (χ0) is 22.1. The molecule has 0 saturated carbocycles. The van der Waals surface area contributed by atoms with Crippen LogP contribution in [0, 0.1) is 5.82 Å². The molecular formula is C22H30FN3O4. The van der Waals surface area contributed by atoms with Gasteiger partial charge < -0.3 is 19.9 Å². The second kappa shape index (κ2) is 10.8. The SMILES string of the molecule is CC(C)(C)OC(=O)NCCC(=O)N1CCCN(C(=O)/C=C/c2ccccc2F)CC1. The maximum atomic E-state index is 13.7. The molecule has 0 radical (unpaired) electrons. The van der Waals surface area contributed by atoms with E-state index >= 15 is 0 Å². The van der Waals surface area contributed by atoms with Crippen molar-refractivity contribution in [3.05, 3.63) is 41.7 Å². The zero-order valence-corrected chi connectivity index (χ0v) is 17.8. The maximum Gasteiger partial charge on any atom is 0.407 e. The molecule has 1 aromatic rings. The van der Waals surface area contributed by atoms with Crippen LogP contribution in [0.5, 0.6) is 0 Å². The van der Waals surface area contributed by atoms with Crippen molar-refractivity contribution in [3.63, 3.8) is 0 Å². The third kappa shape index (κ3) is 7.85. The molecule has 1 fully saturated rings. The number of ether oxygens (including phenoxy) is 1. The summed E-state index contributed by atoms with van der Waals surface area (Å²) in [6, 6.07) is 6.25. The van der Waals surface area contributed by atoms with E-state index in [0.29, 0.717) is 38.2 Å². The molecule has 1 aliphatic heterocycles. The third-order valence-electron chi connectivity index (χ3n) is 4.48. The number of carbonyl (C=O) groups excluding carboxylic acids is 3. The number of carbonyl (C=O) groups is 3. The standard InChI is InChI=1S/C22H30FN3O4/c1-22(2,3)30-21(29)24-12-11-20(28)26-14-6-13-25(15-16-26)19(27)10-9-17-7-4-5-8-18(17)23/h4-5,7-10H,6,11-16H2,1-3H3,(H,24,29)/b10-9+. The number of nitrogens with one attached hydrogen (secondary N) is 1. The fourth-order valence-electron chi connectivity index (χ4n) is 3.01. The average molecular weight is 419 g/mol. The summed E-state index contributed by atoms with van der Waals surface area (Å²) in [4.78, 5) is 39.8. The lowest BCUT2D eigenvalue weighted by atomic mass is 10.2. The second-order valence-electron chi connectivity index (χ2n) is 8.09. The van der Waals surface area contributed by atoms with Crippen LogP contribution in [-0.4, -0.2) is 66.0 Å². The molecule has 164 valence electrons. The maximum absolute atomic E-state index is 13.7. The highest BCUT2D eigenvalue weighted by atomic mass is 19.1. The lowest BCUT2D eigenvalue weighted by molar-refractivity contribution is -0.131. The number of hydrogen-bond donors (Lipinski definition) is 1. The highest BCUT2D eigenvalue weighted by Gasteiger charge is 2.21. The minimum Gasteiger partial charge on any atom is -0.444 e. The Balaban J connectivity index is 1.78. The Morgan fingerprint density at radius 2 is 1.77 bits per heavy atom. The van der Waals surface area contributed by atoms with Crippen molar-refractivity contribution in [1.29, 1.82) is 0 Å². The van der Waals surface area contributed by atoms with Gasteiger partial charge in [0.1, 0.15) is 11.4 Å². The van der Waals surface area contributed by atoms with Gasteiger partial charge in [-0.25, -0.2) is 9.18 Å². The number of amides is 3. The Morgan fingerprint density at radius 3 is 2.47 bits per heavy atom. The first-order valence-corrected chi connectivity index (χ1v) is 10.1. The quantitative estimate of drug-likeness (QED) is 0.745. The normalized spacial score (nSPS) is 15.1. The van der Waals surface area contributed by atoms with E-state index in [-0.39, 0.29) is 30.6 Å². The summed E-state index contributed by atoms with van der Waals surface area (Å²) in [6.45, 7) is 7.41. The van der Waals surface area contributed by atoms with Crippen LogP contribution >= 0.6 is 0 Å². The highest BCUT2D eigenvalue weighted by Crippen LogP contribution is 2.10. The molecule has 0 aliphatic carbocycles. The smallest absolute Gasteiger partial charge is 0.407 e. The molecule has 1 N–H and O–H groups in total. The molecule has 1 aliphatic rings. The van der Waals surface area contributed by atoms with Crippen LogP contribution in [-0.2, 0) is 14.3 Å². The van der Waals surface area contributed by atoms with Gasteiger partial charge in [-0.1, -0.05) is 18.2 Å². The van der Waals surface area contributed by atoms with E-state index < -0.39 is 11.7 Å². The fraction of sp³-hybridized carbons (Fsp3) is 0.500. The molecule has 8 heteroatoms. The number of rotatable bonds is 5. The lowest BCUT2D eigenvalue weighted by Crippen LogP contribution is -2.39. The van der Waals surface area contributed by atoms with Gasteiger partial charge in [-0.3, -0.25) is 9.59 Å². The van der Waals surface area contributed by atoms with Crippen molar-refractivity contribution in [1.82, 2.24) is 15.1 Å². The molecule has 0 bridgehead atoms. The van der Waals surface area contributed by atoms with Gasteiger partial charge in [-0.2, -0.15) is 0 Å². The van der Waals surface area contributed by atoms with Gasteiger partial charge in [0.25, 0.3) is 0 Å². The molecule has 0 unspecified atom stereocenters. The molecule has 0 aromatic heterocycles. The molecule has 3 amide bonds. The zero-order valence-electron chi connectivity index (χ0n) is 17.8. The third-order valence-corrected chi connectivity index (χ3v) is 4.48. The molecule has 0 spiro atoms. The van der Waals surface area contributed by atoms with E-state index in [2.05, 4.69) is 5.32 Å². The van der Waals surface area contributed by atoms with Crippen molar-refractivity contribution in [2.45, 2.75) is 39.2 Å². The number of hydrogen-bond acceptors (Lipinski definition) is 4. The summed E-state index contributed by atoms with van der Waals surface area (Å²) in [6.07, 6.45) is 3.10. The minimum absolute atomic E-state index is 0.0812. The van der Waals surface area contributed by atoms with Gasteiger partial charge in [-0.05, 0) is 39.3 Å². The van der Waals surface area contributed by atoms with E-state index in [9.17, 15) is 18.8 Å². The summed E-state index contributed by atoms with van der Waals surface area (Å²) in [5.74, 6) is -0.671. The largest absolute Gasteiger partial charge is 0.444 e. The molecular weight excluding hydrogens is 389 g/mol. The number of alkyl carbamates (subject to hydrolysis) is 1. The van der Waals surface area contributed by atoms with Gasteiger partial charge in [0, 0.05) is 50.8 Å². The van der Waals surface area contributed by atoms with Gasteiger partial charge in [0.15, 0.2) is 0 Å². The van der Waals surface area contributed by atoms with Gasteiger partial charge in [0.05, 0.1) is 0 Å². The van der Waals surface area contributed by atoms with Crippen LogP contribution in [0.25, 0.3) is 6.08 Å². The summed E-state index contributed by atoms with van der Waals surface area (Å²) >= 11 is 0. The minimum atomic E-state index is -0.588. The Hall–Kier alpha value is -2.90. The summed E-state index contributed by atoms with van der Waals surface area (Å²) in [5.41, 5.74) is -0.231. The van der Waals surface area contributed by atoms with E-state index in [1.807, 2.05) is 0 Å². The number of nitrogens with zero attached hydrogens (tertiary/aromatic N) is 2. The molecule has 7 nitrogen and oxygen atoms in total. The van der Waals surface area contributed by atoms with E-state index in [0.717, 1.165) is 0 Å². The second-order valence-corrected chi connectivity index (χ2v) is 8.09. The Labute approximate surface area is 176 Å². The summed E-state index contributed by atoms with van der Waals surface area (Å²) < 4.78 is 18.8. The molecule has 1 heterocycles. The lowest BCUT2D eigenvalue weighted by Gasteiger charge is -2.22. The first-order chi connectivity index (χ1) is 14.2. The fourth-order valence-corrected chi connectivity index (χ4v) is 3.01. The Morgan fingerprint density at radius 1 is 1.10 bits per heavy atom. The molecule has 1 saturated heterocycles. The first kappa shape index (κ1) is 23.4. The van der Waals surface area contributed by atoms with Crippen molar-refractivity contribution < 1.29 is 23.5 Å². The predicted octanol–water partition coefficient (Wildman–Crippen LogP) is 2.81. The number of halogens is 1. The average Bonchev–Trinajstić information content (AvgIpc) is 2.92. The molecule has 1 aromatic carbocycles.